The zero-order valence-electron chi connectivity index (χ0n) is 8.93. The van der Waals surface area contributed by atoms with E-state index in [1.54, 1.807) is 5.01 Å². The van der Waals surface area contributed by atoms with E-state index in [-0.39, 0.29) is 11.9 Å². The second kappa shape index (κ2) is 4.49. The van der Waals surface area contributed by atoms with Crippen LogP contribution in [0.1, 0.15) is 18.5 Å². The van der Waals surface area contributed by atoms with Crippen molar-refractivity contribution in [2.45, 2.75) is 13.0 Å². The topological polar surface area (TPSA) is 44.4 Å². The van der Waals surface area contributed by atoms with Gasteiger partial charge in [-0.1, -0.05) is 30.3 Å². The van der Waals surface area contributed by atoms with Crippen molar-refractivity contribution in [2.75, 3.05) is 6.54 Å². The average molecular weight is 235 g/mol. The molecule has 1 saturated heterocycles. The molecule has 84 valence electrons. The first-order valence-corrected chi connectivity index (χ1v) is 5.48. The molecule has 16 heavy (non-hydrogen) atoms. The van der Waals surface area contributed by atoms with Crippen molar-refractivity contribution in [1.29, 1.82) is 0 Å². The van der Waals surface area contributed by atoms with E-state index in [0.29, 0.717) is 11.7 Å². The maximum Gasteiger partial charge on any atom is 0.235 e. The van der Waals surface area contributed by atoms with E-state index in [4.69, 9.17) is 12.2 Å². The summed E-state index contributed by atoms with van der Waals surface area (Å²) in [6.45, 7) is 2.13. The summed E-state index contributed by atoms with van der Waals surface area (Å²) in [5, 5.41) is 5.39. The Balaban J connectivity index is 2.07. The van der Waals surface area contributed by atoms with Crippen molar-refractivity contribution in [3.05, 3.63) is 35.9 Å². The largest absolute Gasteiger partial charge is 0.352 e. The molecule has 0 aliphatic carbocycles. The number of hydrogen-bond donors (Lipinski definition) is 2. The van der Waals surface area contributed by atoms with Gasteiger partial charge in [0.1, 0.15) is 0 Å². The van der Waals surface area contributed by atoms with Gasteiger partial charge in [-0.3, -0.25) is 15.2 Å². The average Bonchev–Trinajstić information content (AvgIpc) is 2.61. The molecule has 0 spiro atoms. The van der Waals surface area contributed by atoms with Crippen LogP contribution in [-0.4, -0.2) is 22.6 Å². The molecule has 0 aromatic heterocycles. The van der Waals surface area contributed by atoms with Gasteiger partial charge in [0.05, 0.1) is 12.6 Å². The summed E-state index contributed by atoms with van der Waals surface area (Å²) in [6.07, 6.45) is 0. The van der Waals surface area contributed by atoms with Crippen LogP contribution in [0.2, 0.25) is 0 Å². The molecular formula is C11H13N3OS. The van der Waals surface area contributed by atoms with Crippen LogP contribution in [0, 0.1) is 0 Å². The molecular weight excluding hydrogens is 222 g/mol. The quantitative estimate of drug-likeness (QED) is 0.750. The van der Waals surface area contributed by atoms with E-state index >= 15 is 0 Å². The number of thiocarbonyl (C=S) groups is 1. The summed E-state index contributed by atoms with van der Waals surface area (Å²) in [6, 6.07) is 10.2. The van der Waals surface area contributed by atoms with Crippen LogP contribution in [-0.2, 0) is 4.79 Å². The first-order valence-electron chi connectivity index (χ1n) is 5.07. The lowest BCUT2D eigenvalue weighted by Gasteiger charge is -2.16. The Morgan fingerprint density at radius 1 is 1.50 bits per heavy atom. The fraction of sp³-hybridized carbons (Fsp3) is 0.273. The monoisotopic (exact) mass is 235 g/mol. The van der Waals surface area contributed by atoms with E-state index in [1.807, 2.05) is 30.3 Å². The summed E-state index contributed by atoms with van der Waals surface area (Å²) in [4.78, 5) is 10.9. The van der Waals surface area contributed by atoms with Crippen LogP contribution in [0.15, 0.2) is 30.3 Å². The van der Waals surface area contributed by atoms with Crippen LogP contribution in [0.25, 0.3) is 0 Å². The Kier molecular flexibility index (Phi) is 3.05. The Bertz CT molecular complexity index is 407. The maximum absolute atomic E-state index is 10.9. The Morgan fingerprint density at radius 2 is 2.19 bits per heavy atom. The second-order valence-corrected chi connectivity index (χ2v) is 4.08. The number of rotatable bonds is 2. The molecule has 2 rings (SSSR count). The molecule has 1 atom stereocenters. The van der Waals surface area contributed by atoms with E-state index in [9.17, 15) is 4.79 Å². The zero-order valence-corrected chi connectivity index (χ0v) is 9.75. The van der Waals surface area contributed by atoms with Crippen LogP contribution < -0.4 is 10.7 Å². The van der Waals surface area contributed by atoms with Crippen molar-refractivity contribution in [3.8, 4) is 0 Å². The normalized spacial score (nSPS) is 19.4. The van der Waals surface area contributed by atoms with E-state index < -0.39 is 0 Å². The lowest BCUT2D eigenvalue weighted by Crippen LogP contribution is -2.42. The van der Waals surface area contributed by atoms with Crippen molar-refractivity contribution in [1.82, 2.24) is 15.8 Å². The third kappa shape index (κ3) is 2.30. The fourth-order valence-corrected chi connectivity index (χ4v) is 1.96. The van der Waals surface area contributed by atoms with Gasteiger partial charge < -0.3 is 5.32 Å². The van der Waals surface area contributed by atoms with Gasteiger partial charge >= 0.3 is 0 Å². The highest BCUT2D eigenvalue weighted by atomic mass is 32.1. The van der Waals surface area contributed by atoms with Crippen molar-refractivity contribution in [3.63, 3.8) is 0 Å². The van der Waals surface area contributed by atoms with Gasteiger partial charge in [-0.25, -0.2) is 0 Å². The van der Waals surface area contributed by atoms with Crippen molar-refractivity contribution in [2.24, 2.45) is 0 Å². The van der Waals surface area contributed by atoms with E-state index in [1.165, 1.54) is 6.92 Å². The Hall–Kier alpha value is -1.62. The minimum Gasteiger partial charge on any atom is -0.352 e. The molecule has 1 fully saturated rings. The molecule has 0 saturated carbocycles. The molecule has 1 aliphatic heterocycles. The fourth-order valence-electron chi connectivity index (χ4n) is 1.70. The minimum atomic E-state index is -0.113. The second-order valence-electron chi connectivity index (χ2n) is 3.69. The number of nitrogens with zero attached hydrogens (tertiary/aromatic N) is 1. The molecule has 1 unspecified atom stereocenters. The molecule has 1 aromatic rings. The van der Waals surface area contributed by atoms with Crippen molar-refractivity contribution >= 4 is 23.2 Å². The third-order valence-corrected chi connectivity index (χ3v) is 2.74. The molecule has 5 heteroatoms. The first-order chi connectivity index (χ1) is 7.66. The van der Waals surface area contributed by atoms with Crippen LogP contribution in [0.4, 0.5) is 0 Å². The van der Waals surface area contributed by atoms with Gasteiger partial charge in [0, 0.05) is 6.92 Å². The van der Waals surface area contributed by atoms with Gasteiger partial charge in [-0.2, -0.15) is 0 Å². The number of carbonyl (C=O) groups is 1. The summed E-state index contributed by atoms with van der Waals surface area (Å²) >= 11 is 5.14. The highest BCUT2D eigenvalue weighted by molar-refractivity contribution is 7.80. The number of benzene rings is 1. The number of nitrogens with one attached hydrogen (secondary N) is 2. The molecule has 1 aromatic carbocycles. The van der Waals surface area contributed by atoms with Gasteiger partial charge in [-0.15, -0.1) is 0 Å². The SMILES string of the molecule is CC(=O)NN1CC(c2ccccc2)NC1=S. The smallest absolute Gasteiger partial charge is 0.235 e. The highest BCUT2D eigenvalue weighted by Crippen LogP contribution is 2.18. The van der Waals surface area contributed by atoms with Gasteiger partial charge in [0.25, 0.3) is 0 Å². The van der Waals surface area contributed by atoms with E-state index in [0.717, 1.165) is 5.56 Å². The highest BCUT2D eigenvalue weighted by Gasteiger charge is 2.27. The molecule has 2 N–H and O–H groups in total. The Morgan fingerprint density at radius 3 is 2.81 bits per heavy atom. The van der Waals surface area contributed by atoms with Gasteiger partial charge in [0.2, 0.25) is 5.91 Å². The summed E-state index contributed by atoms with van der Waals surface area (Å²) in [5.41, 5.74) is 3.85. The molecule has 1 amide bonds. The zero-order chi connectivity index (χ0) is 11.5. The standard InChI is InChI=1S/C11H13N3OS/c1-8(15)13-14-7-10(12-11(14)16)9-5-3-2-4-6-9/h2-6,10H,7H2,1H3,(H,12,16)(H,13,15). The first kappa shape index (κ1) is 10.9. The molecule has 1 heterocycles. The van der Waals surface area contributed by atoms with Crippen LogP contribution in [0.3, 0.4) is 0 Å². The van der Waals surface area contributed by atoms with Gasteiger partial charge in [-0.05, 0) is 17.8 Å². The Labute approximate surface area is 99.6 Å². The van der Waals surface area contributed by atoms with E-state index in [2.05, 4.69) is 10.7 Å². The number of hydrazine groups is 1. The summed E-state index contributed by atoms with van der Waals surface area (Å²) < 4.78 is 0. The number of carbonyl (C=O) groups excluding carboxylic acids is 1. The van der Waals surface area contributed by atoms with Gasteiger partial charge in [0.15, 0.2) is 5.11 Å². The molecule has 1 aliphatic rings. The maximum atomic E-state index is 10.9. The predicted octanol–water partition coefficient (Wildman–Crippen LogP) is 0.969. The lowest BCUT2D eigenvalue weighted by atomic mass is 10.1. The van der Waals surface area contributed by atoms with Crippen molar-refractivity contribution < 1.29 is 4.79 Å². The summed E-state index contributed by atoms with van der Waals surface area (Å²) in [7, 11) is 0. The molecule has 4 nitrogen and oxygen atoms in total. The number of amides is 1. The molecule has 0 radical (unpaired) electrons. The lowest BCUT2D eigenvalue weighted by molar-refractivity contribution is -0.122. The summed E-state index contributed by atoms with van der Waals surface area (Å²) in [5.74, 6) is -0.113. The van der Waals surface area contributed by atoms with Crippen LogP contribution >= 0.6 is 12.2 Å². The number of hydrogen-bond acceptors (Lipinski definition) is 2. The third-order valence-electron chi connectivity index (χ3n) is 2.40. The van der Waals surface area contributed by atoms with Crippen LogP contribution in [0.5, 0.6) is 0 Å². The minimum absolute atomic E-state index is 0.113. The predicted molar refractivity (Wildman–Crippen MR) is 65.4 cm³/mol. The molecule has 0 bridgehead atoms.